The lowest BCUT2D eigenvalue weighted by molar-refractivity contribution is -0.120. The summed E-state index contributed by atoms with van der Waals surface area (Å²) in [5, 5.41) is 11.2. The third kappa shape index (κ3) is 5.50. The molecule has 0 heterocycles. The van der Waals surface area contributed by atoms with Crippen molar-refractivity contribution >= 4 is 5.91 Å². The maximum absolute atomic E-state index is 13.0. The van der Waals surface area contributed by atoms with Gasteiger partial charge in [0.1, 0.15) is 18.8 Å². The Labute approximate surface area is 146 Å². The lowest BCUT2D eigenvalue weighted by atomic mass is 10.1. The van der Waals surface area contributed by atoms with E-state index in [1.807, 2.05) is 12.1 Å². The van der Waals surface area contributed by atoms with Crippen LogP contribution in [0.1, 0.15) is 17.5 Å². The number of nitrogens with zero attached hydrogens (tertiary/aromatic N) is 1. The second kappa shape index (κ2) is 9.28. The number of rotatable bonds is 8. The van der Waals surface area contributed by atoms with Crippen molar-refractivity contribution in [2.24, 2.45) is 0 Å². The molecule has 0 saturated carbocycles. The maximum atomic E-state index is 13.0. The minimum Gasteiger partial charge on any atom is -0.493 e. The Kier molecular flexibility index (Phi) is 6.78. The van der Waals surface area contributed by atoms with E-state index in [-0.39, 0.29) is 24.8 Å². The average Bonchev–Trinajstić information content (AvgIpc) is 2.62. The number of carbonyl (C=O) groups is 1. The normalized spacial score (nSPS) is 9.96. The first kappa shape index (κ1) is 18.3. The molecule has 0 aliphatic rings. The van der Waals surface area contributed by atoms with Crippen molar-refractivity contribution in [3.05, 3.63) is 59.4 Å². The van der Waals surface area contributed by atoms with Gasteiger partial charge in [-0.1, -0.05) is 24.3 Å². The Bertz CT molecular complexity index is 754. The van der Waals surface area contributed by atoms with Crippen LogP contribution in [0, 0.1) is 17.1 Å². The number of methoxy groups -OCH3 is 1. The number of nitriles is 1. The molecule has 5 nitrogen and oxygen atoms in total. The van der Waals surface area contributed by atoms with Crippen LogP contribution in [0.25, 0.3) is 0 Å². The van der Waals surface area contributed by atoms with Crippen LogP contribution in [0.3, 0.4) is 0 Å². The smallest absolute Gasteiger partial charge is 0.234 e. The number of para-hydroxylation sites is 1. The molecule has 2 rings (SSSR count). The lowest BCUT2D eigenvalue weighted by Gasteiger charge is -2.15. The van der Waals surface area contributed by atoms with Crippen molar-refractivity contribution < 1.29 is 18.7 Å². The number of nitrogens with one attached hydrogen (secondary N) is 1. The monoisotopic (exact) mass is 342 g/mol. The zero-order valence-corrected chi connectivity index (χ0v) is 13.9. The molecule has 2 aromatic rings. The molecular weight excluding hydrogens is 323 g/mol. The van der Waals surface area contributed by atoms with Gasteiger partial charge in [0.15, 0.2) is 11.5 Å². The summed E-state index contributed by atoms with van der Waals surface area (Å²) in [5.74, 6) is 0.570. The molecule has 0 spiro atoms. The number of halogens is 1. The van der Waals surface area contributed by atoms with Crippen LogP contribution in [0.5, 0.6) is 11.5 Å². The molecule has 0 atom stereocenters. The van der Waals surface area contributed by atoms with E-state index in [9.17, 15) is 9.18 Å². The molecule has 0 bridgehead atoms. The number of hydrogen-bond donors (Lipinski definition) is 1. The number of carbonyl (C=O) groups excluding carboxylic acids is 1. The van der Waals surface area contributed by atoms with E-state index in [2.05, 4.69) is 5.32 Å². The van der Waals surface area contributed by atoms with E-state index in [4.69, 9.17) is 14.7 Å². The predicted octanol–water partition coefficient (Wildman–Crippen LogP) is 2.99. The highest BCUT2D eigenvalue weighted by molar-refractivity contribution is 5.77. The summed E-state index contributed by atoms with van der Waals surface area (Å²) in [6.07, 6.45) is 0.374. The van der Waals surface area contributed by atoms with Crippen molar-refractivity contribution in [1.29, 1.82) is 5.26 Å². The minimum absolute atomic E-state index is 0.161. The number of hydrogen-bond acceptors (Lipinski definition) is 4. The van der Waals surface area contributed by atoms with Crippen molar-refractivity contribution in [2.75, 3.05) is 13.7 Å². The number of ether oxygens (including phenoxy) is 2. The molecule has 2 aromatic carbocycles. The van der Waals surface area contributed by atoms with Crippen LogP contribution >= 0.6 is 0 Å². The molecule has 0 aliphatic carbocycles. The Morgan fingerprint density at radius 2 is 2.00 bits per heavy atom. The van der Waals surface area contributed by atoms with Crippen LogP contribution in [0.15, 0.2) is 42.5 Å². The van der Waals surface area contributed by atoms with Crippen LogP contribution in [-0.2, 0) is 17.8 Å². The molecule has 0 aliphatic heterocycles. The number of benzene rings is 2. The quantitative estimate of drug-likeness (QED) is 0.800. The summed E-state index contributed by atoms with van der Waals surface area (Å²) in [7, 11) is 1.55. The third-order valence-corrected chi connectivity index (χ3v) is 3.53. The molecule has 0 radical (unpaired) electrons. The highest BCUT2D eigenvalue weighted by atomic mass is 19.1. The Morgan fingerprint density at radius 3 is 2.68 bits per heavy atom. The van der Waals surface area contributed by atoms with Crippen LogP contribution < -0.4 is 14.8 Å². The van der Waals surface area contributed by atoms with Crippen LogP contribution in [-0.4, -0.2) is 19.6 Å². The van der Waals surface area contributed by atoms with Gasteiger partial charge in [-0.15, -0.1) is 0 Å². The minimum atomic E-state index is -0.306. The highest BCUT2D eigenvalue weighted by Gasteiger charge is 2.11. The lowest BCUT2D eigenvalue weighted by Crippen LogP contribution is -2.25. The molecular formula is C19H19FN2O3. The van der Waals surface area contributed by atoms with Gasteiger partial charge in [0, 0.05) is 6.54 Å². The molecule has 130 valence electrons. The van der Waals surface area contributed by atoms with Gasteiger partial charge >= 0.3 is 0 Å². The fourth-order valence-corrected chi connectivity index (χ4v) is 2.29. The van der Waals surface area contributed by atoms with Gasteiger partial charge in [-0.05, 0) is 35.7 Å². The van der Waals surface area contributed by atoms with Gasteiger partial charge in [0.05, 0.1) is 13.2 Å². The molecule has 0 aromatic heterocycles. The Morgan fingerprint density at radius 1 is 1.24 bits per heavy atom. The molecule has 6 heteroatoms. The standard InChI is InChI=1S/C19H19FN2O3/c1-24-17-4-2-3-15(10-12-22-18(23)9-11-21)19(17)25-13-14-5-7-16(20)8-6-14/h2-8H,9-10,12-13H2,1H3,(H,22,23). The van der Waals surface area contributed by atoms with Crippen LogP contribution in [0.2, 0.25) is 0 Å². The second-order valence-electron chi connectivity index (χ2n) is 5.30. The summed E-state index contributed by atoms with van der Waals surface area (Å²) in [6, 6.07) is 13.4. The van der Waals surface area contributed by atoms with Gasteiger partial charge in [0.2, 0.25) is 5.91 Å². The van der Waals surface area contributed by atoms with E-state index in [0.717, 1.165) is 11.1 Å². The maximum Gasteiger partial charge on any atom is 0.234 e. The zero-order valence-electron chi connectivity index (χ0n) is 13.9. The Balaban J connectivity index is 2.05. The zero-order chi connectivity index (χ0) is 18.1. The highest BCUT2D eigenvalue weighted by Crippen LogP contribution is 2.32. The third-order valence-electron chi connectivity index (χ3n) is 3.53. The van der Waals surface area contributed by atoms with Crippen LogP contribution in [0.4, 0.5) is 4.39 Å². The summed E-state index contributed by atoms with van der Waals surface area (Å²) < 4.78 is 24.2. The first-order chi connectivity index (χ1) is 12.1. The van der Waals surface area contributed by atoms with Crippen molar-refractivity contribution in [2.45, 2.75) is 19.4 Å². The largest absolute Gasteiger partial charge is 0.493 e. The molecule has 1 amide bonds. The second-order valence-corrected chi connectivity index (χ2v) is 5.30. The molecule has 1 N–H and O–H groups in total. The summed E-state index contributed by atoms with van der Waals surface area (Å²) in [6.45, 7) is 0.662. The van der Waals surface area contributed by atoms with Gasteiger partial charge in [-0.25, -0.2) is 4.39 Å². The number of amides is 1. The van der Waals surface area contributed by atoms with Crippen molar-refractivity contribution in [3.8, 4) is 17.6 Å². The molecule has 0 fully saturated rings. The van der Waals surface area contributed by atoms with E-state index in [1.165, 1.54) is 12.1 Å². The fraction of sp³-hybridized carbons (Fsp3) is 0.263. The van der Waals surface area contributed by atoms with E-state index >= 15 is 0 Å². The molecule has 25 heavy (non-hydrogen) atoms. The first-order valence-corrected chi connectivity index (χ1v) is 7.81. The van der Waals surface area contributed by atoms with Gasteiger partial charge in [-0.2, -0.15) is 5.26 Å². The van der Waals surface area contributed by atoms with Crippen molar-refractivity contribution in [3.63, 3.8) is 0 Å². The van der Waals surface area contributed by atoms with E-state index in [1.54, 1.807) is 31.4 Å². The fourth-order valence-electron chi connectivity index (χ4n) is 2.29. The summed E-state index contributed by atoms with van der Waals surface area (Å²) in [4.78, 5) is 11.4. The summed E-state index contributed by atoms with van der Waals surface area (Å²) >= 11 is 0. The Hall–Kier alpha value is -3.07. The van der Waals surface area contributed by atoms with Gasteiger partial charge in [-0.3, -0.25) is 4.79 Å². The van der Waals surface area contributed by atoms with Gasteiger partial charge in [0.25, 0.3) is 0 Å². The van der Waals surface area contributed by atoms with E-state index in [0.29, 0.717) is 24.5 Å². The average molecular weight is 342 g/mol. The van der Waals surface area contributed by atoms with Crippen molar-refractivity contribution in [1.82, 2.24) is 5.32 Å². The molecule has 0 saturated heterocycles. The molecule has 0 unspecified atom stereocenters. The topological polar surface area (TPSA) is 71.3 Å². The SMILES string of the molecule is COc1cccc(CCNC(=O)CC#N)c1OCc1ccc(F)cc1. The summed E-state index contributed by atoms with van der Waals surface area (Å²) in [5.41, 5.74) is 1.71. The van der Waals surface area contributed by atoms with Gasteiger partial charge < -0.3 is 14.8 Å². The predicted molar refractivity (Wildman–Crippen MR) is 90.7 cm³/mol. The first-order valence-electron chi connectivity index (χ1n) is 7.81. The van der Waals surface area contributed by atoms with E-state index < -0.39 is 0 Å².